The lowest BCUT2D eigenvalue weighted by Gasteiger charge is -2.08. The SMILES string of the molecule is N/C(=N/O)c1ccc(Br)cc1Sc1ccccc1. The van der Waals surface area contributed by atoms with Gasteiger partial charge in [-0.2, -0.15) is 0 Å². The van der Waals surface area contributed by atoms with Gasteiger partial charge in [-0.05, 0) is 30.3 Å². The van der Waals surface area contributed by atoms with Crippen LogP contribution in [0.25, 0.3) is 0 Å². The van der Waals surface area contributed by atoms with Gasteiger partial charge in [-0.3, -0.25) is 0 Å². The Morgan fingerprint density at radius 3 is 2.56 bits per heavy atom. The zero-order chi connectivity index (χ0) is 13.0. The summed E-state index contributed by atoms with van der Waals surface area (Å²) in [5.41, 5.74) is 6.39. The van der Waals surface area contributed by atoms with E-state index in [2.05, 4.69) is 21.1 Å². The number of halogens is 1. The Balaban J connectivity index is 2.40. The maximum Gasteiger partial charge on any atom is 0.171 e. The van der Waals surface area contributed by atoms with E-state index in [0.29, 0.717) is 0 Å². The molecule has 0 radical (unpaired) electrons. The number of hydrogen-bond donors (Lipinski definition) is 2. The number of oxime groups is 1. The topological polar surface area (TPSA) is 58.6 Å². The van der Waals surface area contributed by atoms with E-state index in [1.54, 1.807) is 11.8 Å². The van der Waals surface area contributed by atoms with Gasteiger partial charge in [0, 0.05) is 19.8 Å². The first-order valence-electron chi connectivity index (χ1n) is 5.21. The highest BCUT2D eigenvalue weighted by Gasteiger charge is 2.09. The van der Waals surface area contributed by atoms with Crippen molar-refractivity contribution in [2.45, 2.75) is 9.79 Å². The van der Waals surface area contributed by atoms with Crippen LogP contribution in [0, 0.1) is 0 Å². The normalized spacial score (nSPS) is 11.5. The Morgan fingerprint density at radius 1 is 1.17 bits per heavy atom. The van der Waals surface area contributed by atoms with E-state index < -0.39 is 0 Å². The van der Waals surface area contributed by atoms with E-state index in [1.165, 1.54) is 0 Å². The molecule has 0 bridgehead atoms. The Bertz CT molecular complexity index is 572. The van der Waals surface area contributed by atoms with E-state index in [-0.39, 0.29) is 5.84 Å². The number of hydrogen-bond acceptors (Lipinski definition) is 3. The zero-order valence-corrected chi connectivity index (χ0v) is 11.8. The van der Waals surface area contributed by atoms with E-state index in [9.17, 15) is 0 Å². The smallest absolute Gasteiger partial charge is 0.171 e. The van der Waals surface area contributed by atoms with E-state index in [0.717, 1.165) is 19.8 Å². The first-order valence-corrected chi connectivity index (χ1v) is 6.82. The van der Waals surface area contributed by atoms with Gasteiger partial charge in [0.2, 0.25) is 0 Å². The lowest BCUT2D eigenvalue weighted by molar-refractivity contribution is 0.318. The van der Waals surface area contributed by atoms with Crippen molar-refractivity contribution < 1.29 is 5.21 Å². The van der Waals surface area contributed by atoms with Crippen LogP contribution < -0.4 is 5.73 Å². The molecule has 0 atom stereocenters. The van der Waals surface area contributed by atoms with Crippen LogP contribution in [0.5, 0.6) is 0 Å². The maximum atomic E-state index is 8.79. The highest BCUT2D eigenvalue weighted by molar-refractivity contribution is 9.10. The summed E-state index contributed by atoms with van der Waals surface area (Å²) in [6, 6.07) is 15.6. The standard InChI is InChI=1S/C13H11BrN2OS/c14-9-6-7-11(13(15)16-17)12(8-9)18-10-4-2-1-3-5-10/h1-8,17H,(H2,15,16). The van der Waals surface area contributed by atoms with Crippen molar-refractivity contribution in [1.29, 1.82) is 0 Å². The summed E-state index contributed by atoms with van der Waals surface area (Å²) in [5, 5.41) is 11.8. The Morgan fingerprint density at radius 2 is 1.89 bits per heavy atom. The molecule has 0 saturated carbocycles. The molecule has 0 aliphatic rings. The monoisotopic (exact) mass is 322 g/mol. The van der Waals surface area contributed by atoms with Crippen LogP contribution in [0.4, 0.5) is 0 Å². The molecule has 0 unspecified atom stereocenters. The number of benzene rings is 2. The minimum atomic E-state index is 0.112. The first kappa shape index (κ1) is 13.0. The van der Waals surface area contributed by atoms with Crippen LogP contribution in [-0.2, 0) is 0 Å². The molecule has 5 heteroatoms. The lowest BCUT2D eigenvalue weighted by atomic mass is 10.2. The predicted molar refractivity (Wildman–Crippen MR) is 77.2 cm³/mol. The van der Waals surface area contributed by atoms with Gasteiger partial charge in [0.05, 0.1) is 0 Å². The van der Waals surface area contributed by atoms with Crippen molar-refractivity contribution in [2.75, 3.05) is 0 Å². The number of rotatable bonds is 3. The molecule has 18 heavy (non-hydrogen) atoms. The van der Waals surface area contributed by atoms with Crippen LogP contribution in [-0.4, -0.2) is 11.0 Å². The molecule has 0 fully saturated rings. The summed E-state index contributed by atoms with van der Waals surface area (Å²) in [7, 11) is 0. The average molecular weight is 323 g/mol. The quantitative estimate of drug-likeness (QED) is 0.392. The highest BCUT2D eigenvalue weighted by atomic mass is 79.9. The van der Waals surface area contributed by atoms with Crippen molar-refractivity contribution in [3.05, 3.63) is 58.6 Å². The molecule has 0 aliphatic heterocycles. The minimum Gasteiger partial charge on any atom is -0.409 e. The summed E-state index contributed by atoms with van der Waals surface area (Å²) in [5.74, 6) is 0.112. The van der Waals surface area contributed by atoms with E-state index in [4.69, 9.17) is 10.9 Å². The molecule has 92 valence electrons. The van der Waals surface area contributed by atoms with Crippen LogP contribution in [0.2, 0.25) is 0 Å². The fourth-order valence-corrected chi connectivity index (χ4v) is 2.99. The largest absolute Gasteiger partial charge is 0.409 e. The predicted octanol–water partition coefficient (Wildman–Crippen LogP) is 3.69. The molecule has 3 nitrogen and oxygen atoms in total. The summed E-state index contributed by atoms with van der Waals surface area (Å²) in [4.78, 5) is 2.04. The minimum absolute atomic E-state index is 0.112. The van der Waals surface area contributed by atoms with Gasteiger partial charge in [-0.15, -0.1) is 0 Å². The lowest BCUT2D eigenvalue weighted by Crippen LogP contribution is -2.14. The average Bonchev–Trinajstić information content (AvgIpc) is 2.39. The summed E-state index contributed by atoms with van der Waals surface area (Å²) in [6.45, 7) is 0. The molecule has 0 heterocycles. The highest BCUT2D eigenvalue weighted by Crippen LogP contribution is 2.32. The Labute approximate surface area is 118 Å². The fraction of sp³-hybridized carbons (Fsp3) is 0. The Hall–Kier alpha value is -1.46. The van der Waals surface area contributed by atoms with Gasteiger partial charge in [-0.1, -0.05) is 51.0 Å². The number of amidine groups is 1. The molecule has 0 saturated heterocycles. The van der Waals surface area contributed by atoms with Crippen LogP contribution >= 0.6 is 27.7 Å². The molecular formula is C13H11BrN2OS. The van der Waals surface area contributed by atoms with Gasteiger partial charge in [0.1, 0.15) is 0 Å². The molecule has 0 amide bonds. The fourth-order valence-electron chi connectivity index (χ4n) is 1.46. The summed E-state index contributed by atoms with van der Waals surface area (Å²) >= 11 is 4.99. The van der Waals surface area contributed by atoms with Crippen molar-refractivity contribution in [3.63, 3.8) is 0 Å². The van der Waals surface area contributed by atoms with Gasteiger partial charge in [-0.25, -0.2) is 0 Å². The Kier molecular flexibility index (Phi) is 4.28. The van der Waals surface area contributed by atoms with Crippen molar-refractivity contribution in [3.8, 4) is 0 Å². The van der Waals surface area contributed by atoms with Crippen LogP contribution in [0.3, 0.4) is 0 Å². The molecule has 0 aliphatic carbocycles. The van der Waals surface area contributed by atoms with Gasteiger partial charge >= 0.3 is 0 Å². The van der Waals surface area contributed by atoms with Crippen molar-refractivity contribution >= 4 is 33.5 Å². The van der Waals surface area contributed by atoms with Crippen molar-refractivity contribution in [2.24, 2.45) is 10.9 Å². The van der Waals surface area contributed by atoms with Gasteiger partial charge in [0.15, 0.2) is 5.84 Å². The third kappa shape index (κ3) is 3.05. The first-order chi connectivity index (χ1) is 8.70. The van der Waals surface area contributed by atoms with Crippen LogP contribution in [0.1, 0.15) is 5.56 Å². The molecule has 3 N–H and O–H groups in total. The molecule has 0 spiro atoms. The molecule has 2 rings (SSSR count). The molecule has 2 aromatic rings. The second kappa shape index (κ2) is 5.93. The number of nitrogens with two attached hydrogens (primary N) is 1. The van der Waals surface area contributed by atoms with Crippen LogP contribution in [0.15, 0.2) is 68.0 Å². The molecular weight excluding hydrogens is 312 g/mol. The van der Waals surface area contributed by atoms with Gasteiger partial charge in [0.25, 0.3) is 0 Å². The summed E-state index contributed by atoms with van der Waals surface area (Å²) in [6.07, 6.45) is 0. The zero-order valence-electron chi connectivity index (χ0n) is 9.38. The molecule has 0 aromatic heterocycles. The third-order valence-corrected chi connectivity index (χ3v) is 3.86. The third-order valence-electron chi connectivity index (χ3n) is 2.30. The van der Waals surface area contributed by atoms with Crippen molar-refractivity contribution in [1.82, 2.24) is 0 Å². The maximum absolute atomic E-state index is 8.79. The second-order valence-electron chi connectivity index (χ2n) is 3.54. The van der Waals surface area contributed by atoms with E-state index >= 15 is 0 Å². The summed E-state index contributed by atoms with van der Waals surface area (Å²) < 4.78 is 0.954. The second-order valence-corrected chi connectivity index (χ2v) is 5.57. The molecule has 2 aromatic carbocycles. The number of nitrogens with zero attached hydrogens (tertiary/aromatic N) is 1. The van der Waals surface area contributed by atoms with E-state index in [1.807, 2.05) is 48.5 Å². The van der Waals surface area contributed by atoms with Gasteiger partial charge < -0.3 is 10.9 Å².